The summed E-state index contributed by atoms with van der Waals surface area (Å²) in [7, 11) is 3.11. The topological polar surface area (TPSA) is 88.2 Å². The molecule has 0 bridgehead atoms. The molecule has 178 valence electrons. The van der Waals surface area contributed by atoms with Crippen LogP contribution < -0.4 is 19.7 Å². The van der Waals surface area contributed by atoms with Crippen molar-refractivity contribution in [3.63, 3.8) is 0 Å². The number of carbonyl (C=O) groups is 3. The second-order valence-corrected chi connectivity index (χ2v) is 9.30. The third kappa shape index (κ3) is 3.31. The van der Waals surface area contributed by atoms with Crippen molar-refractivity contribution in [1.82, 2.24) is 10.2 Å². The Balaban J connectivity index is 1.47. The minimum absolute atomic E-state index is 0.136. The van der Waals surface area contributed by atoms with Crippen molar-refractivity contribution in [3.05, 3.63) is 52.5 Å². The quantitative estimate of drug-likeness (QED) is 0.657. The number of anilines is 1. The Morgan fingerprint density at radius 2 is 1.91 bits per heavy atom. The fourth-order valence-corrected chi connectivity index (χ4v) is 5.83. The maximum absolute atomic E-state index is 14.0. The molecule has 5 rings (SSSR count). The molecule has 2 fully saturated rings. The van der Waals surface area contributed by atoms with Gasteiger partial charge in [0, 0.05) is 30.2 Å². The molecule has 0 radical (unpaired) electrons. The van der Waals surface area contributed by atoms with Gasteiger partial charge in [0.15, 0.2) is 16.9 Å². The van der Waals surface area contributed by atoms with E-state index in [9.17, 15) is 14.4 Å². The van der Waals surface area contributed by atoms with Crippen molar-refractivity contribution in [3.8, 4) is 11.5 Å². The number of nitrogens with one attached hydrogen (secondary N) is 1. The number of hydrogen-bond donors (Lipinski definition) is 1. The molecule has 2 saturated heterocycles. The summed E-state index contributed by atoms with van der Waals surface area (Å²) < 4.78 is 10.6. The van der Waals surface area contributed by atoms with Gasteiger partial charge >= 0.3 is 6.03 Å². The number of benzene rings is 2. The number of halogens is 1. The lowest BCUT2D eigenvalue weighted by Crippen LogP contribution is -2.71. The molecule has 2 atom stereocenters. The number of carbonyl (C=O) groups excluding carboxylic acids is 3. The fourth-order valence-electron chi connectivity index (χ4n) is 5.59. The van der Waals surface area contributed by atoms with Crippen LogP contribution in [0.1, 0.15) is 24.0 Å². The first kappa shape index (κ1) is 22.5. The SMILES string of the molecule is COc1ccc(CCN2C(=O)NC(=O)[C@@]3(Cc4c(Cl)cccc4N4CCC[C@@H]43)C2=O)cc1OC. The maximum atomic E-state index is 14.0. The number of urea groups is 1. The number of rotatable bonds is 5. The Labute approximate surface area is 202 Å². The third-order valence-electron chi connectivity index (χ3n) is 7.25. The molecule has 2 aromatic rings. The summed E-state index contributed by atoms with van der Waals surface area (Å²) in [6.45, 7) is 0.872. The molecule has 9 heteroatoms. The van der Waals surface area contributed by atoms with E-state index in [0.29, 0.717) is 29.4 Å². The standard InChI is InChI=1S/C25H26ClN3O5/c1-33-19-9-8-15(13-20(19)34-2)10-12-29-23(31)25(22(30)27-24(29)32)14-16-17(26)5-3-6-18(16)28-11-4-7-21(25)28/h3,5-6,8-9,13,21H,4,7,10-12,14H2,1-2H3,(H,27,30,32)/t21-,25+/m1/s1. The number of barbiturate groups is 1. The van der Waals surface area contributed by atoms with Crippen LogP contribution in [0.25, 0.3) is 0 Å². The number of hydrogen-bond acceptors (Lipinski definition) is 6. The van der Waals surface area contributed by atoms with Crippen molar-refractivity contribution in [2.45, 2.75) is 31.7 Å². The van der Waals surface area contributed by atoms with E-state index in [1.54, 1.807) is 26.4 Å². The zero-order valence-corrected chi connectivity index (χ0v) is 19.9. The van der Waals surface area contributed by atoms with Gasteiger partial charge in [-0.2, -0.15) is 0 Å². The molecule has 2 aromatic carbocycles. The Morgan fingerprint density at radius 1 is 1.12 bits per heavy atom. The largest absolute Gasteiger partial charge is 0.493 e. The van der Waals surface area contributed by atoms with E-state index < -0.39 is 23.3 Å². The average molecular weight is 484 g/mol. The molecule has 0 aliphatic carbocycles. The van der Waals surface area contributed by atoms with Gasteiger partial charge < -0.3 is 14.4 Å². The van der Waals surface area contributed by atoms with E-state index in [0.717, 1.165) is 29.8 Å². The predicted octanol–water partition coefficient (Wildman–Crippen LogP) is 3.19. The second kappa shape index (κ2) is 8.51. The average Bonchev–Trinajstić information content (AvgIpc) is 3.34. The molecule has 0 saturated carbocycles. The minimum Gasteiger partial charge on any atom is -0.493 e. The number of fused-ring (bicyclic) bond motifs is 4. The Hall–Kier alpha value is -3.26. The lowest BCUT2D eigenvalue weighted by molar-refractivity contribution is -0.153. The van der Waals surface area contributed by atoms with Crippen LogP contribution >= 0.6 is 11.6 Å². The minimum atomic E-state index is -1.39. The first-order chi connectivity index (χ1) is 16.4. The molecular formula is C25H26ClN3O5. The number of ether oxygens (including phenoxy) is 2. The molecule has 8 nitrogen and oxygen atoms in total. The van der Waals surface area contributed by atoms with Crippen LogP contribution in [0.2, 0.25) is 5.02 Å². The van der Waals surface area contributed by atoms with E-state index >= 15 is 0 Å². The lowest BCUT2D eigenvalue weighted by Gasteiger charge is -2.49. The monoisotopic (exact) mass is 483 g/mol. The summed E-state index contributed by atoms with van der Waals surface area (Å²) in [6.07, 6.45) is 2.14. The van der Waals surface area contributed by atoms with Crippen molar-refractivity contribution in [2.24, 2.45) is 5.41 Å². The Kier molecular flexibility index (Phi) is 5.64. The van der Waals surface area contributed by atoms with Crippen LogP contribution in [0.15, 0.2) is 36.4 Å². The number of imide groups is 2. The molecule has 3 aliphatic heterocycles. The van der Waals surface area contributed by atoms with Crippen LogP contribution in [0.3, 0.4) is 0 Å². The summed E-state index contributed by atoms with van der Waals surface area (Å²) >= 11 is 6.52. The zero-order valence-electron chi connectivity index (χ0n) is 19.1. The van der Waals surface area contributed by atoms with Crippen LogP contribution in [0.5, 0.6) is 11.5 Å². The van der Waals surface area contributed by atoms with E-state index in [1.807, 2.05) is 24.3 Å². The fraction of sp³-hybridized carbons (Fsp3) is 0.400. The van der Waals surface area contributed by atoms with E-state index in [-0.39, 0.29) is 19.0 Å². The van der Waals surface area contributed by atoms with Crippen LogP contribution in [-0.4, -0.2) is 56.1 Å². The molecule has 0 aromatic heterocycles. The molecule has 34 heavy (non-hydrogen) atoms. The van der Waals surface area contributed by atoms with E-state index in [2.05, 4.69) is 10.2 Å². The maximum Gasteiger partial charge on any atom is 0.330 e. The summed E-state index contributed by atoms with van der Waals surface area (Å²) in [5.41, 5.74) is 1.23. The van der Waals surface area contributed by atoms with Gasteiger partial charge in [0.05, 0.1) is 20.3 Å². The third-order valence-corrected chi connectivity index (χ3v) is 7.60. The smallest absolute Gasteiger partial charge is 0.330 e. The lowest BCUT2D eigenvalue weighted by atomic mass is 9.68. The first-order valence-electron chi connectivity index (χ1n) is 11.3. The molecule has 3 heterocycles. The van der Waals surface area contributed by atoms with E-state index in [1.165, 1.54) is 4.90 Å². The highest BCUT2D eigenvalue weighted by molar-refractivity contribution is 6.32. The number of methoxy groups -OCH3 is 2. The van der Waals surface area contributed by atoms with Crippen molar-refractivity contribution >= 4 is 35.1 Å². The summed E-state index contributed by atoms with van der Waals surface area (Å²) in [6, 6.07) is 10.1. The predicted molar refractivity (Wildman–Crippen MR) is 126 cm³/mol. The summed E-state index contributed by atoms with van der Waals surface area (Å²) in [5, 5.41) is 3.00. The first-order valence-corrected chi connectivity index (χ1v) is 11.7. The van der Waals surface area contributed by atoms with Gasteiger partial charge in [-0.15, -0.1) is 0 Å². The van der Waals surface area contributed by atoms with Crippen LogP contribution in [0.4, 0.5) is 10.5 Å². The van der Waals surface area contributed by atoms with Gasteiger partial charge in [-0.3, -0.25) is 19.8 Å². The van der Waals surface area contributed by atoms with Gasteiger partial charge in [-0.25, -0.2) is 4.79 Å². The summed E-state index contributed by atoms with van der Waals surface area (Å²) in [4.78, 5) is 43.4. The van der Waals surface area contributed by atoms with Crippen LogP contribution in [0, 0.1) is 5.41 Å². The van der Waals surface area contributed by atoms with Gasteiger partial charge in [0.1, 0.15) is 0 Å². The van der Waals surface area contributed by atoms with E-state index in [4.69, 9.17) is 21.1 Å². The summed E-state index contributed by atoms with van der Waals surface area (Å²) in [5.74, 6) is 0.180. The molecular weight excluding hydrogens is 458 g/mol. The molecule has 3 aliphatic rings. The zero-order chi connectivity index (χ0) is 24.0. The van der Waals surface area contributed by atoms with Gasteiger partial charge in [0.2, 0.25) is 11.8 Å². The van der Waals surface area contributed by atoms with Crippen molar-refractivity contribution < 1.29 is 23.9 Å². The van der Waals surface area contributed by atoms with Crippen LogP contribution in [-0.2, 0) is 22.4 Å². The highest BCUT2D eigenvalue weighted by Gasteiger charge is 2.62. The molecule has 0 unspecified atom stereocenters. The molecule has 1 spiro atoms. The Morgan fingerprint density at radius 3 is 2.68 bits per heavy atom. The van der Waals surface area contributed by atoms with Gasteiger partial charge in [0.25, 0.3) is 0 Å². The highest BCUT2D eigenvalue weighted by atomic mass is 35.5. The normalized spacial score (nSPS) is 23.6. The highest BCUT2D eigenvalue weighted by Crippen LogP contribution is 2.49. The second-order valence-electron chi connectivity index (χ2n) is 8.89. The Bertz CT molecular complexity index is 1190. The van der Waals surface area contributed by atoms with Crippen molar-refractivity contribution in [1.29, 1.82) is 0 Å². The van der Waals surface area contributed by atoms with Gasteiger partial charge in [-0.05, 0) is 54.7 Å². The molecule has 1 N–H and O–H groups in total. The number of amides is 4. The number of nitrogens with zero attached hydrogens (tertiary/aromatic N) is 2. The van der Waals surface area contributed by atoms with Crippen molar-refractivity contribution in [2.75, 3.05) is 32.2 Å². The van der Waals surface area contributed by atoms with Gasteiger partial charge in [-0.1, -0.05) is 23.7 Å². The molecule has 4 amide bonds.